The number of likely N-dealkylation sites (tertiary alicyclic amines) is 1. The molecule has 0 aliphatic carbocycles. The highest BCUT2D eigenvalue weighted by Crippen LogP contribution is 2.30. The number of benzene rings is 1. The molecular weight excluding hydrogens is 379 g/mol. The third-order valence-electron chi connectivity index (χ3n) is 4.89. The lowest BCUT2D eigenvalue weighted by atomic mass is 10.1. The Kier molecular flexibility index (Phi) is 5.81. The van der Waals surface area contributed by atoms with E-state index in [1.54, 1.807) is 4.57 Å². The number of hydrogen-bond acceptors (Lipinski definition) is 1. The van der Waals surface area contributed by atoms with Gasteiger partial charge in [0.05, 0.1) is 5.56 Å². The number of piperidine rings is 1. The van der Waals surface area contributed by atoms with Crippen LogP contribution in [0.15, 0.2) is 42.7 Å². The van der Waals surface area contributed by atoms with Gasteiger partial charge in [-0.25, -0.2) is 10.0 Å². The van der Waals surface area contributed by atoms with E-state index in [9.17, 15) is 18.0 Å². The molecule has 0 saturated carbocycles. The summed E-state index contributed by atoms with van der Waals surface area (Å²) in [5, 5.41) is 0. The Labute approximate surface area is 161 Å². The van der Waals surface area contributed by atoms with Gasteiger partial charge >= 0.3 is 6.18 Å². The van der Waals surface area contributed by atoms with Crippen LogP contribution in [0, 0.1) is 0 Å². The number of quaternary nitrogens is 1. The Hall–Kier alpha value is -1.99. The van der Waals surface area contributed by atoms with E-state index in [1.807, 2.05) is 18.5 Å². The van der Waals surface area contributed by atoms with E-state index in [2.05, 4.69) is 5.43 Å². The first-order chi connectivity index (χ1) is 12.8. The maximum absolute atomic E-state index is 12.7. The van der Waals surface area contributed by atoms with E-state index in [0.717, 1.165) is 50.0 Å². The van der Waals surface area contributed by atoms with Gasteiger partial charge < -0.3 is 4.57 Å². The monoisotopic (exact) mass is 400 g/mol. The molecule has 0 unspecified atom stereocenters. The summed E-state index contributed by atoms with van der Waals surface area (Å²) in [5.74, 6) is -0.271. The molecule has 0 radical (unpaired) electrons. The molecule has 3 rings (SSSR count). The molecule has 1 aromatic heterocycles. The second-order valence-electron chi connectivity index (χ2n) is 6.95. The molecule has 4 nitrogen and oxygen atoms in total. The summed E-state index contributed by atoms with van der Waals surface area (Å²) >= 11 is 5.66. The van der Waals surface area contributed by atoms with E-state index in [1.165, 1.54) is 12.1 Å². The Morgan fingerprint density at radius 3 is 2.37 bits per heavy atom. The van der Waals surface area contributed by atoms with Crippen LogP contribution < -0.4 is 5.43 Å². The lowest BCUT2D eigenvalue weighted by molar-refractivity contribution is -0.977. The van der Waals surface area contributed by atoms with Crippen LogP contribution >= 0.6 is 11.6 Å². The Bertz CT molecular complexity index is 780. The van der Waals surface area contributed by atoms with Gasteiger partial charge in [0.2, 0.25) is 0 Å². The van der Waals surface area contributed by atoms with Crippen molar-refractivity contribution in [3.8, 4) is 5.69 Å². The number of carbonyl (C=O) groups excluding carboxylic acids is 1. The predicted octanol–water partition coefficient (Wildman–Crippen LogP) is 4.27. The minimum Gasteiger partial charge on any atom is -0.323 e. The Morgan fingerprint density at radius 1 is 1.11 bits per heavy atom. The fraction of sp³-hybridized carbons (Fsp3) is 0.421. The van der Waals surface area contributed by atoms with E-state index >= 15 is 0 Å². The van der Waals surface area contributed by atoms with Crippen molar-refractivity contribution in [3.05, 3.63) is 53.9 Å². The van der Waals surface area contributed by atoms with Crippen LogP contribution in [0.25, 0.3) is 5.69 Å². The maximum Gasteiger partial charge on any atom is 0.416 e. The quantitative estimate of drug-likeness (QED) is 0.590. The molecule has 2 aromatic rings. The number of amides is 1. The summed E-state index contributed by atoms with van der Waals surface area (Å²) < 4.78 is 40.4. The largest absolute Gasteiger partial charge is 0.416 e. The molecule has 8 heteroatoms. The van der Waals surface area contributed by atoms with Gasteiger partial charge in [-0.3, -0.25) is 4.79 Å². The van der Waals surface area contributed by atoms with E-state index in [0.29, 0.717) is 16.8 Å². The highest BCUT2D eigenvalue weighted by molar-refractivity contribution is 6.27. The fourth-order valence-electron chi connectivity index (χ4n) is 3.59. The summed E-state index contributed by atoms with van der Waals surface area (Å²) in [6.45, 7) is 2.30. The summed E-state index contributed by atoms with van der Waals surface area (Å²) in [6.07, 6.45) is 2.57. The first kappa shape index (κ1) is 19.8. The number of halogens is 4. The average molecular weight is 401 g/mol. The number of hydrogen-bond donors (Lipinski definition) is 1. The molecule has 1 aromatic carbocycles. The molecular formula is C19H22ClF3N3O+. The van der Waals surface area contributed by atoms with Gasteiger partial charge in [0.25, 0.3) is 5.91 Å². The molecule has 146 valence electrons. The topological polar surface area (TPSA) is 34.0 Å². The van der Waals surface area contributed by atoms with Crippen LogP contribution in [-0.2, 0) is 17.5 Å². The molecule has 2 heterocycles. The molecule has 1 fully saturated rings. The van der Waals surface area contributed by atoms with Crippen LogP contribution in [-0.4, -0.2) is 34.0 Å². The fourth-order valence-corrected chi connectivity index (χ4v) is 3.65. The van der Waals surface area contributed by atoms with Gasteiger partial charge in [0, 0.05) is 23.6 Å². The summed E-state index contributed by atoms with van der Waals surface area (Å²) in [4.78, 5) is 11.9. The van der Waals surface area contributed by atoms with Crippen molar-refractivity contribution in [1.82, 2.24) is 9.99 Å². The smallest absolute Gasteiger partial charge is 0.323 e. The summed E-state index contributed by atoms with van der Waals surface area (Å²) in [6, 6.07) is 6.99. The zero-order chi connectivity index (χ0) is 19.5. The van der Waals surface area contributed by atoms with Crippen molar-refractivity contribution in [3.63, 3.8) is 0 Å². The van der Waals surface area contributed by atoms with Crippen LogP contribution in [0.4, 0.5) is 13.2 Å². The van der Waals surface area contributed by atoms with E-state index in [4.69, 9.17) is 11.6 Å². The number of nitrogens with one attached hydrogen (secondary N) is 1. The van der Waals surface area contributed by atoms with Crippen LogP contribution in [0.2, 0.25) is 0 Å². The van der Waals surface area contributed by atoms with Gasteiger partial charge in [-0.15, -0.1) is 11.6 Å². The molecule has 1 N–H and O–H groups in total. The molecule has 1 aliphatic heterocycles. The second-order valence-corrected chi connectivity index (χ2v) is 7.22. The third kappa shape index (κ3) is 4.84. The van der Waals surface area contributed by atoms with Crippen molar-refractivity contribution in [2.75, 3.05) is 19.0 Å². The normalized spacial score (nSPS) is 16.9. The minimum absolute atomic E-state index is 0.0768. The van der Waals surface area contributed by atoms with E-state index < -0.39 is 11.7 Å². The van der Waals surface area contributed by atoms with Crippen LogP contribution in [0.1, 0.15) is 30.4 Å². The van der Waals surface area contributed by atoms with Gasteiger partial charge in [-0.05, 0) is 49.6 Å². The third-order valence-corrected chi connectivity index (χ3v) is 5.13. The highest BCUT2D eigenvalue weighted by atomic mass is 35.5. The van der Waals surface area contributed by atoms with Crippen molar-refractivity contribution in [1.29, 1.82) is 0 Å². The molecule has 0 spiro atoms. The maximum atomic E-state index is 12.7. The van der Waals surface area contributed by atoms with Crippen LogP contribution in [0.3, 0.4) is 0 Å². The first-order valence-corrected chi connectivity index (χ1v) is 9.42. The van der Waals surface area contributed by atoms with Crippen molar-refractivity contribution in [2.24, 2.45) is 0 Å². The van der Waals surface area contributed by atoms with Crippen molar-refractivity contribution < 1.29 is 22.6 Å². The second kappa shape index (κ2) is 7.94. The van der Waals surface area contributed by atoms with Crippen LogP contribution in [0.5, 0.6) is 0 Å². The summed E-state index contributed by atoms with van der Waals surface area (Å²) in [5.41, 5.74) is 4.03. The first-order valence-electron chi connectivity index (χ1n) is 8.89. The highest BCUT2D eigenvalue weighted by Gasteiger charge is 2.33. The molecule has 27 heavy (non-hydrogen) atoms. The van der Waals surface area contributed by atoms with Gasteiger partial charge in [0.1, 0.15) is 25.5 Å². The number of nitrogens with zero attached hydrogens (tertiary/aromatic N) is 2. The van der Waals surface area contributed by atoms with Gasteiger partial charge in [-0.2, -0.15) is 13.2 Å². The summed E-state index contributed by atoms with van der Waals surface area (Å²) in [7, 11) is 0. The lowest BCUT2D eigenvalue weighted by Gasteiger charge is -2.40. The molecule has 1 saturated heterocycles. The number of rotatable bonds is 5. The zero-order valence-electron chi connectivity index (χ0n) is 14.8. The van der Waals surface area contributed by atoms with E-state index in [-0.39, 0.29) is 11.8 Å². The molecule has 1 amide bonds. The standard InChI is InChI=1S/C19H21ClF3N3O/c20-12-18(27)24-26(10-2-1-3-11-26)14-15-8-9-25(13-15)17-6-4-16(5-7-17)19(21,22)23/h4-9,13H,1-3,10-12,14H2/p+1. The number of carbonyl (C=O) groups is 1. The zero-order valence-corrected chi connectivity index (χ0v) is 15.6. The van der Waals surface area contributed by atoms with Gasteiger partial charge in [-0.1, -0.05) is 0 Å². The molecule has 0 atom stereocenters. The predicted molar refractivity (Wildman–Crippen MR) is 97.2 cm³/mol. The molecule has 1 aliphatic rings. The number of alkyl halides is 4. The average Bonchev–Trinajstić information content (AvgIpc) is 3.09. The van der Waals surface area contributed by atoms with Gasteiger partial charge in [0.15, 0.2) is 0 Å². The molecule has 0 bridgehead atoms. The van der Waals surface area contributed by atoms with Crippen molar-refractivity contribution >= 4 is 17.5 Å². The SMILES string of the molecule is O=C(CCl)N[N+]1(Cc2ccn(-c3ccc(C(F)(F)F)cc3)c2)CCCCC1. The van der Waals surface area contributed by atoms with Crippen molar-refractivity contribution in [2.45, 2.75) is 32.0 Å². The minimum atomic E-state index is -4.34. The Balaban J connectivity index is 1.77. The Morgan fingerprint density at radius 2 is 1.78 bits per heavy atom. The lowest BCUT2D eigenvalue weighted by Crippen LogP contribution is -2.62. The number of aromatic nitrogens is 1.